The van der Waals surface area contributed by atoms with Crippen molar-refractivity contribution in [1.29, 1.82) is 0 Å². The van der Waals surface area contributed by atoms with Crippen LogP contribution in [0, 0.1) is 11.8 Å². The number of methoxy groups -OCH3 is 1. The minimum Gasteiger partial charge on any atom is -0.480 e. The molecule has 1 heterocycles. The predicted molar refractivity (Wildman–Crippen MR) is 68.4 cm³/mol. The highest BCUT2D eigenvalue weighted by atomic mass is 16.5. The van der Waals surface area contributed by atoms with Gasteiger partial charge in [0.1, 0.15) is 0 Å². The Bertz CT molecular complexity index is 609. The van der Waals surface area contributed by atoms with E-state index in [9.17, 15) is 4.79 Å². The lowest BCUT2D eigenvalue weighted by molar-refractivity contribution is 0.105. The van der Waals surface area contributed by atoms with Gasteiger partial charge in [0.25, 0.3) is 0 Å². The first kappa shape index (κ1) is 11.9. The van der Waals surface area contributed by atoms with Crippen molar-refractivity contribution in [3.8, 4) is 17.7 Å². The van der Waals surface area contributed by atoms with Gasteiger partial charge in [-0.15, -0.1) is 0 Å². The maximum absolute atomic E-state index is 11.9. The molecular weight excluding hydrogens is 226 g/mol. The molecule has 3 heteroatoms. The van der Waals surface area contributed by atoms with Gasteiger partial charge in [-0.2, -0.15) is 0 Å². The zero-order valence-corrected chi connectivity index (χ0v) is 9.88. The van der Waals surface area contributed by atoms with Crippen molar-refractivity contribution in [1.82, 2.24) is 4.98 Å². The number of benzene rings is 1. The first-order chi connectivity index (χ1) is 8.81. The second kappa shape index (κ2) is 5.65. The fraction of sp³-hybridized carbons (Fsp3) is 0.0667. The van der Waals surface area contributed by atoms with Gasteiger partial charge in [0.15, 0.2) is 0 Å². The Kier molecular flexibility index (Phi) is 3.72. The fourth-order valence-corrected chi connectivity index (χ4v) is 1.44. The first-order valence-corrected chi connectivity index (χ1v) is 5.41. The van der Waals surface area contributed by atoms with Crippen LogP contribution in [0.5, 0.6) is 5.88 Å². The molecule has 0 saturated carbocycles. The molecule has 18 heavy (non-hydrogen) atoms. The van der Waals surface area contributed by atoms with Gasteiger partial charge in [0.05, 0.1) is 12.7 Å². The second-order valence-electron chi connectivity index (χ2n) is 3.51. The molecule has 2 rings (SSSR count). The van der Waals surface area contributed by atoms with Crippen LogP contribution in [-0.4, -0.2) is 17.9 Å². The Labute approximate surface area is 105 Å². The summed E-state index contributed by atoms with van der Waals surface area (Å²) in [5.74, 6) is 5.39. The Hall–Kier alpha value is -2.60. The van der Waals surface area contributed by atoms with E-state index in [0.29, 0.717) is 11.4 Å². The molecule has 0 spiro atoms. The number of hydrogen-bond donors (Lipinski definition) is 0. The van der Waals surface area contributed by atoms with E-state index in [0.717, 1.165) is 5.56 Å². The van der Waals surface area contributed by atoms with Crippen molar-refractivity contribution < 1.29 is 9.53 Å². The Morgan fingerprint density at radius 1 is 1.17 bits per heavy atom. The van der Waals surface area contributed by atoms with Crippen LogP contribution in [0.15, 0.2) is 48.7 Å². The lowest BCUT2D eigenvalue weighted by Gasteiger charge is -2.01. The molecule has 0 N–H and O–H groups in total. The monoisotopic (exact) mass is 237 g/mol. The molecule has 0 fully saturated rings. The van der Waals surface area contributed by atoms with Crippen LogP contribution in [0.2, 0.25) is 0 Å². The van der Waals surface area contributed by atoms with Crippen molar-refractivity contribution in [2.24, 2.45) is 0 Å². The van der Waals surface area contributed by atoms with E-state index >= 15 is 0 Å². The van der Waals surface area contributed by atoms with E-state index in [1.54, 1.807) is 18.3 Å². The summed E-state index contributed by atoms with van der Waals surface area (Å²) in [6, 6.07) is 12.7. The molecule has 0 bridgehead atoms. The number of carbonyl (C=O) groups is 1. The highest BCUT2D eigenvalue weighted by molar-refractivity contribution is 6.10. The van der Waals surface area contributed by atoms with Crippen molar-refractivity contribution in [3.05, 3.63) is 59.8 Å². The van der Waals surface area contributed by atoms with Crippen LogP contribution >= 0.6 is 0 Å². The number of nitrogens with zero attached hydrogens (tertiary/aromatic N) is 1. The standard InChI is InChI=1S/C15H11NO2/c1-18-15-13(8-5-11-16-15)14(17)10-9-12-6-3-2-4-7-12/h2-8,11H,1H3. The molecule has 0 radical (unpaired) electrons. The Morgan fingerprint density at radius 2 is 1.94 bits per heavy atom. The summed E-state index contributed by atoms with van der Waals surface area (Å²) in [6.07, 6.45) is 1.57. The van der Waals surface area contributed by atoms with Crippen LogP contribution in [0.3, 0.4) is 0 Å². The van der Waals surface area contributed by atoms with E-state index in [-0.39, 0.29) is 5.78 Å². The number of carbonyl (C=O) groups excluding carboxylic acids is 1. The van der Waals surface area contributed by atoms with Gasteiger partial charge in [0.2, 0.25) is 11.7 Å². The van der Waals surface area contributed by atoms with Crippen LogP contribution in [0.1, 0.15) is 15.9 Å². The zero-order chi connectivity index (χ0) is 12.8. The lowest BCUT2D eigenvalue weighted by atomic mass is 10.1. The number of Topliss-reactive ketones (excluding diaryl/α,β-unsaturated/α-hetero) is 1. The molecule has 2 aromatic rings. The fourth-order valence-electron chi connectivity index (χ4n) is 1.44. The number of ketones is 1. The molecule has 0 aliphatic heterocycles. The van der Waals surface area contributed by atoms with Crippen LogP contribution in [0.25, 0.3) is 0 Å². The highest BCUT2D eigenvalue weighted by Gasteiger charge is 2.09. The van der Waals surface area contributed by atoms with Gasteiger partial charge in [-0.3, -0.25) is 4.79 Å². The summed E-state index contributed by atoms with van der Waals surface area (Å²) in [6.45, 7) is 0. The minimum atomic E-state index is -0.302. The van der Waals surface area contributed by atoms with Gasteiger partial charge < -0.3 is 4.74 Å². The van der Waals surface area contributed by atoms with Gasteiger partial charge in [-0.1, -0.05) is 24.1 Å². The van der Waals surface area contributed by atoms with Crippen LogP contribution in [-0.2, 0) is 0 Å². The second-order valence-corrected chi connectivity index (χ2v) is 3.51. The average molecular weight is 237 g/mol. The molecule has 0 amide bonds. The maximum Gasteiger partial charge on any atom is 0.241 e. The predicted octanol–water partition coefficient (Wildman–Crippen LogP) is 2.32. The molecular formula is C15H11NO2. The number of rotatable bonds is 2. The molecule has 1 aromatic heterocycles. The third-order valence-corrected chi connectivity index (χ3v) is 2.30. The normalized spacial score (nSPS) is 9.17. The van der Waals surface area contributed by atoms with E-state index in [1.165, 1.54) is 7.11 Å². The molecule has 88 valence electrons. The molecule has 0 unspecified atom stereocenters. The van der Waals surface area contributed by atoms with Gasteiger partial charge >= 0.3 is 0 Å². The maximum atomic E-state index is 11.9. The Morgan fingerprint density at radius 3 is 2.67 bits per heavy atom. The third-order valence-electron chi connectivity index (χ3n) is 2.30. The topological polar surface area (TPSA) is 39.2 Å². The number of pyridine rings is 1. The van der Waals surface area contributed by atoms with E-state index in [1.807, 2.05) is 30.3 Å². The van der Waals surface area contributed by atoms with Crippen molar-refractivity contribution in [2.45, 2.75) is 0 Å². The number of ether oxygens (including phenoxy) is 1. The van der Waals surface area contributed by atoms with Gasteiger partial charge in [0, 0.05) is 11.8 Å². The van der Waals surface area contributed by atoms with Crippen molar-refractivity contribution in [2.75, 3.05) is 7.11 Å². The molecule has 0 aliphatic carbocycles. The lowest BCUT2D eigenvalue weighted by Crippen LogP contribution is -2.00. The third kappa shape index (κ3) is 2.74. The molecule has 0 saturated heterocycles. The summed E-state index contributed by atoms with van der Waals surface area (Å²) in [4.78, 5) is 15.9. The van der Waals surface area contributed by atoms with Gasteiger partial charge in [-0.05, 0) is 30.2 Å². The summed E-state index contributed by atoms with van der Waals surface area (Å²) in [5.41, 5.74) is 1.18. The summed E-state index contributed by atoms with van der Waals surface area (Å²) in [5, 5.41) is 0. The first-order valence-electron chi connectivity index (χ1n) is 5.41. The van der Waals surface area contributed by atoms with Gasteiger partial charge in [-0.25, -0.2) is 4.98 Å². The average Bonchev–Trinajstić information content (AvgIpc) is 2.45. The number of hydrogen-bond acceptors (Lipinski definition) is 3. The molecule has 1 aromatic carbocycles. The minimum absolute atomic E-state index is 0.296. The summed E-state index contributed by atoms with van der Waals surface area (Å²) < 4.78 is 5.02. The van der Waals surface area contributed by atoms with E-state index < -0.39 is 0 Å². The van der Waals surface area contributed by atoms with Crippen molar-refractivity contribution in [3.63, 3.8) is 0 Å². The van der Waals surface area contributed by atoms with E-state index in [4.69, 9.17) is 4.74 Å². The molecule has 0 atom stereocenters. The molecule has 0 aliphatic rings. The zero-order valence-electron chi connectivity index (χ0n) is 9.88. The summed E-state index contributed by atoms with van der Waals surface area (Å²) >= 11 is 0. The quantitative estimate of drug-likeness (QED) is 0.594. The van der Waals surface area contributed by atoms with Crippen molar-refractivity contribution >= 4 is 5.78 Å². The van der Waals surface area contributed by atoms with E-state index in [2.05, 4.69) is 16.8 Å². The highest BCUT2D eigenvalue weighted by Crippen LogP contribution is 2.13. The van der Waals surface area contributed by atoms with Crippen LogP contribution in [0.4, 0.5) is 0 Å². The number of aromatic nitrogens is 1. The SMILES string of the molecule is COc1ncccc1C(=O)C#Cc1ccccc1. The van der Waals surface area contributed by atoms with Crippen LogP contribution < -0.4 is 4.74 Å². The smallest absolute Gasteiger partial charge is 0.241 e. The largest absolute Gasteiger partial charge is 0.480 e. The molecule has 3 nitrogen and oxygen atoms in total. The summed E-state index contributed by atoms with van der Waals surface area (Å²) in [7, 11) is 1.48. The Balaban J connectivity index is 2.26.